The Hall–Kier alpha value is -3.72. The highest BCUT2D eigenvalue weighted by Crippen LogP contribution is 2.22. The smallest absolute Gasteiger partial charge is 0.338 e. The van der Waals surface area contributed by atoms with Crippen molar-refractivity contribution in [3.8, 4) is 16.9 Å². The van der Waals surface area contributed by atoms with Crippen LogP contribution in [-0.4, -0.2) is 11.8 Å². The molecule has 0 bridgehead atoms. The summed E-state index contributed by atoms with van der Waals surface area (Å²) in [5, 5.41) is 0. The number of carbonyl (C=O) groups is 2. The summed E-state index contributed by atoms with van der Waals surface area (Å²) < 4.78 is 5.17. The number of hydrogen-bond donors (Lipinski definition) is 0. The van der Waals surface area contributed by atoms with Crippen molar-refractivity contribution in [3.05, 3.63) is 108 Å². The average Bonchev–Trinajstić information content (AvgIpc) is 2.84. The van der Waals surface area contributed by atoms with Crippen LogP contribution in [0.1, 0.15) is 54.6 Å². The third-order valence-corrected chi connectivity index (χ3v) is 5.39. The summed E-state index contributed by atoms with van der Waals surface area (Å²) in [5.74, 6) is -0.0819. The second-order valence-electron chi connectivity index (χ2n) is 8.17. The van der Waals surface area contributed by atoms with Gasteiger partial charge in [-0.15, -0.1) is 0 Å². The Morgan fingerprint density at radius 1 is 0.848 bits per heavy atom. The lowest BCUT2D eigenvalue weighted by Gasteiger charge is -2.06. The molecule has 0 fully saturated rings. The van der Waals surface area contributed by atoms with E-state index in [1.165, 1.54) is 24.8 Å². The first-order chi connectivity index (χ1) is 16.0. The maximum absolute atomic E-state index is 12.6. The molecule has 0 aliphatic carbocycles. The Balaban J connectivity index is 1.59. The van der Waals surface area contributed by atoms with Gasteiger partial charge in [-0.2, -0.15) is 0 Å². The fourth-order valence-corrected chi connectivity index (χ4v) is 3.38. The number of rotatable bonds is 10. The van der Waals surface area contributed by atoms with E-state index < -0.39 is 5.97 Å². The van der Waals surface area contributed by atoms with Crippen LogP contribution in [0.4, 0.5) is 0 Å². The lowest BCUT2D eigenvalue weighted by Crippen LogP contribution is -2.07. The van der Waals surface area contributed by atoms with Crippen LogP contribution in [0.5, 0.6) is 5.75 Å². The predicted molar refractivity (Wildman–Crippen MR) is 135 cm³/mol. The normalized spacial score (nSPS) is 10.8. The zero-order chi connectivity index (χ0) is 23.6. The van der Waals surface area contributed by atoms with Gasteiger partial charge in [-0.25, -0.2) is 4.79 Å². The lowest BCUT2D eigenvalue weighted by molar-refractivity contribution is -0.130. The maximum Gasteiger partial charge on any atom is 0.338 e. The Morgan fingerprint density at radius 2 is 1.45 bits per heavy atom. The van der Waals surface area contributed by atoms with E-state index in [1.54, 1.807) is 43.3 Å². The van der Waals surface area contributed by atoms with E-state index in [0.717, 1.165) is 23.1 Å². The van der Waals surface area contributed by atoms with E-state index in [0.29, 0.717) is 16.9 Å². The summed E-state index contributed by atoms with van der Waals surface area (Å²) >= 11 is 0. The Morgan fingerprint density at radius 3 is 2.03 bits per heavy atom. The highest BCUT2D eigenvalue weighted by Gasteiger charge is 2.06. The minimum Gasteiger partial charge on any atom is -0.423 e. The van der Waals surface area contributed by atoms with Gasteiger partial charge in [-0.1, -0.05) is 93.1 Å². The Bertz CT molecular complexity index is 1120. The summed E-state index contributed by atoms with van der Waals surface area (Å²) in [4.78, 5) is 24.1. The largest absolute Gasteiger partial charge is 0.423 e. The second-order valence-corrected chi connectivity index (χ2v) is 8.17. The third kappa shape index (κ3) is 7.15. The number of unbranched alkanes of at least 4 members (excludes halogenated alkanes) is 2. The Kier molecular flexibility index (Phi) is 8.54. The molecule has 0 aromatic heterocycles. The van der Waals surface area contributed by atoms with Crippen molar-refractivity contribution in [2.75, 3.05) is 0 Å². The molecule has 0 aliphatic rings. The molecule has 0 N–H and O–H groups in total. The van der Waals surface area contributed by atoms with Crippen LogP contribution in [0, 0.1) is 0 Å². The van der Waals surface area contributed by atoms with Crippen LogP contribution in [0.2, 0.25) is 0 Å². The number of esters is 1. The molecule has 168 valence electrons. The van der Waals surface area contributed by atoms with Gasteiger partial charge in [0.1, 0.15) is 5.75 Å². The van der Waals surface area contributed by atoms with Crippen molar-refractivity contribution < 1.29 is 14.3 Å². The van der Waals surface area contributed by atoms with Crippen LogP contribution in [0.15, 0.2) is 91.0 Å². The van der Waals surface area contributed by atoms with E-state index in [4.69, 9.17) is 4.74 Å². The van der Waals surface area contributed by atoms with Crippen LogP contribution in [0.3, 0.4) is 0 Å². The van der Waals surface area contributed by atoms with E-state index in [9.17, 15) is 9.59 Å². The zero-order valence-corrected chi connectivity index (χ0v) is 19.3. The van der Waals surface area contributed by atoms with Crippen molar-refractivity contribution in [2.24, 2.45) is 0 Å². The number of hydrogen-bond acceptors (Lipinski definition) is 3. The van der Waals surface area contributed by atoms with Gasteiger partial charge >= 0.3 is 5.97 Å². The topological polar surface area (TPSA) is 43.4 Å². The first-order valence-electron chi connectivity index (χ1n) is 11.4. The molecule has 3 rings (SSSR count). The third-order valence-electron chi connectivity index (χ3n) is 5.39. The molecule has 0 heterocycles. The fraction of sp³-hybridized carbons (Fsp3) is 0.200. The quantitative estimate of drug-likeness (QED) is 0.108. The maximum atomic E-state index is 12.6. The SMILES string of the molecule is C=C(C)C(=O)Oc1ccc(C=CC(=O)c2ccc(-c3ccc(CCCCC)cc3)cc2)cc1. The van der Waals surface area contributed by atoms with Gasteiger partial charge in [0.25, 0.3) is 0 Å². The minimum atomic E-state index is -0.458. The standard InChI is InChI=1S/C30H30O3/c1-4-5-6-7-23-8-13-25(14-9-23)26-15-17-27(18-16-26)29(31)21-12-24-10-19-28(20-11-24)33-30(32)22(2)3/h8-21H,2,4-7H2,1,3H3. The van der Waals surface area contributed by atoms with E-state index in [1.807, 2.05) is 24.3 Å². The van der Waals surface area contributed by atoms with Gasteiger partial charge in [0.05, 0.1) is 0 Å². The van der Waals surface area contributed by atoms with Gasteiger partial charge in [0, 0.05) is 11.1 Å². The van der Waals surface area contributed by atoms with Crippen LogP contribution in [0.25, 0.3) is 17.2 Å². The summed E-state index contributed by atoms with van der Waals surface area (Å²) in [6, 6.07) is 23.3. The highest BCUT2D eigenvalue weighted by atomic mass is 16.5. The summed E-state index contributed by atoms with van der Waals surface area (Å²) in [6.45, 7) is 7.38. The molecule has 3 aromatic rings. The number of carbonyl (C=O) groups excluding carboxylic acids is 2. The molecule has 0 amide bonds. The molecule has 0 saturated carbocycles. The molecule has 3 nitrogen and oxygen atoms in total. The Labute approximate surface area is 196 Å². The monoisotopic (exact) mass is 438 g/mol. The van der Waals surface area contributed by atoms with Gasteiger partial charge in [-0.3, -0.25) is 4.79 Å². The first-order valence-corrected chi connectivity index (χ1v) is 11.4. The van der Waals surface area contributed by atoms with Gasteiger partial charge < -0.3 is 4.74 Å². The first kappa shape index (κ1) is 23.9. The summed E-state index contributed by atoms with van der Waals surface area (Å²) in [6.07, 6.45) is 8.15. The van der Waals surface area contributed by atoms with E-state index in [-0.39, 0.29) is 5.78 Å². The van der Waals surface area contributed by atoms with Gasteiger partial charge in [0.15, 0.2) is 5.78 Å². The number of allylic oxidation sites excluding steroid dienone is 1. The second kappa shape index (κ2) is 11.8. The number of aryl methyl sites for hydroxylation is 1. The zero-order valence-electron chi connectivity index (χ0n) is 19.3. The molecule has 33 heavy (non-hydrogen) atoms. The fourth-order valence-electron chi connectivity index (χ4n) is 3.38. The molecule has 0 saturated heterocycles. The molecular weight excluding hydrogens is 408 g/mol. The number of ether oxygens (including phenoxy) is 1. The van der Waals surface area contributed by atoms with Crippen molar-refractivity contribution in [1.29, 1.82) is 0 Å². The van der Waals surface area contributed by atoms with Crippen molar-refractivity contribution in [2.45, 2.75) is 39.5 Å². The summed E-state index contributed by atoms with van der Waals surface area (Å²) in [7, 11) is 0. The van der Waals surface area contributed by atoms with E-state index in [2.05, 4.69) is 37.8 Å². The van der Waals surface area contributed by atoms with Crippen molar-refractivity contribution >= 4 is 17.8 Å². The number of benzene rings is 3. The van der Waals surface area contributed by atoms with Crippen LogP contribution < -0.4 is 4.74 Å². The lowest BCUT2D eigenvalue weighted by atomic mass is 9.99. The number of ketones is 1. The van der Waals surface area contributed by atoms with Crippen LogP contribution in [-0.2, 0) is 11.2 Å². The van der Waals surface area contributed by atoms with Gasteiger partial charge in [0.2, 0.25) is 0 Å². The average molecular weight is 439 g/mol. The molecule has 0 aliphatic heterocycles. The molecule has 3 heteroatoms. The van der Waals surface area contributed by atoms with Crippen LogP contribution >= 0.6 is 0 Å². The predicted octanol–water partition coefficient (Wildman–Crippen LogP) is 7.46. The summed E-state index contributed by atoms with van der Waals surface area (Å²) in [5.41, 5.74) is 5.43. The van der Waals surface area contributed by atoms with Gasteiger partial charge in [-0.05, 0) is 60.2 Å². The molecule has 0 unspecified atom stereocenters. The highest BCUT2D eigenvalue weighted by molar-refractivity contribution is 6.07. The molecule has 0 atom stereocenters. The van der Waals surface area contributed by atoms with Crippen molar-refractivity contribution in [3.63, 3.8) is 0 Å². The minimum absolute atomic E-state index is 0.0643. The molecule has 3 aromatic carbocycles. The molecule has 0 spiro atoms. The van der Waals surface area contributed by atoms with E-state index >= 15 is 0 Å². The molecule has 0 radical (unpaired) electrons. The molecular formula is C30H30O3. The van der Waals surface area contributed by atoms with Crippen molar-refractivity contribution in [1.82, 2.24) is 0 Å².